The summed E-state index contributed by atoms with van der Waals surface area (Å²) in [5, 5.41) is 2.47. The van der Waals surface area contributed by atoms with Crippen molar-refractivity contribution in [1.82, 2.24) is 0 Å². The van der Waals surface area contributed by atoms with E-state index >= 15 is 0 Å². The number of fused-ring (bicyclic) bond motifs is 1. The highest BCUT2D eigenvalue weighted by molar-refractivity contribution is 5.88. The van der Waals surface area contributed by atoms with Gasteiger partial charge in [-0.2, -0.15) is 0 Å². The zero-order chi connectivity index (χ0) is 12.9. The standard InChI is InChI=1S/C19H14/c1-2-8-16(9-3-1)10-6-12-18-14-7-13-17-11-4-5-15-19(17)18/h1-5,7-9,11,13-15H,10H2. The summed E-state index contributed by atoms with van der Waals surface area (Å²) in [6.45, 7) is 0. The Bertz CT molecular complexity index is 738. The molecule has 0 radical (unpaired) electrons. The fraction of sp³-hybridized carbons (Fsp3) is 0.0526. The maximum Gasteiger partial charge on any atom is 0.0344 e. The molecule has 0 aliphatic heterocycles. The summed E-state index contributed by atoms with van der Waals surface area (Å²) < 4.78 is 0. The molecule has 0 unspecified atom stereocenters. The van der Waals surface area contributed by atoms with Crippen molar-refractivity contribution >= 4 is 10.8 Å². The van der Waals surface area contributed by atoms with Gasteiger partial charge in [0.05, 0.1) is 0 Å². The summed E-state index contributed by atoms with van der Waals surface area (Å²) in [6.07, 6.45) is 0.796. The van der Waals surface area contributed by atoms with Crippen LogP contribution in [-0.4, -0.2) is 0 Å². The molecule has 90 valence electrons. The fourth-order valence-corrected chi connectivity index (χ4v) is 2.17. The maximum atomic E-state index is 3.29. The van der Waals surface area contributed by atoms with Crippen LogP contribution in [0.3, 0.4) is 0 Å². The van der Waals surface area contributed by atoms with Crippen molar-refractivity contribution in [2.24, 2.45) is 0 Å². The molecule has 0 spiro atoms. The summed E-state index contributed by atoms with van der Waals surface area (Å²) in [5.41, 5.74) is 2.37. The van der Waals surface area contributed by atoms with Crippen molar-refractivity contribution in [3.8, 4) is 11.8 Å². The zero-order valence-electron chi connectivity index (χ0n) is 10.6. The molecule has 0 N–H and O–H groups in total. The van der Waals surface area contributed by atoms with Gasteiger partial charge in [-0.05, 0) is 22.4 Å². The van der Waals surface area contributed by atoms with E-state index in [9.17, 15) is 0 Å². The van der Waals surface area contributed by atoms with E-state index in [1.807, 2.05) is 6.07 Å². The van der Waals surface area contributed by atoms with Crippen LogP contribution in [0, 0.1) is 11.8 Å². The van der Waals surface area contributed by atoms with Crippen molar-refractivity contribution in [2.45, 2.75) is 6.42 Å². The average molecular weight is 242 g/mol. The first-order valence-corrected chi connectivity index (χ1v) is 6.44. The lowest BCUT2D eigenvalue weighted by molar-refractivity contribution is 1.32. The van der Waals surface area contributed by atoms with Crippen LogP contribution >= 0.6 is 0 Å². The second kappa shape index (κ2) is 5.42. The van der Waals surface area contributed by atoms with Crippen LogP contribution in [0.15, 0.2) is 72.8 Å². The Labute approximate surface area is 113 Å². The smallest absolute Gasteiger partial charge is 0.0344 e. The van der Waals surface area contributed by atoms with Gasteiger partial charge in [0.15, 0.2) is 0 Å². The molecule has 0 aromatic heterocycles. The third-order valence-corrected chi connectivity index (χ3v) is 3.15. The molecule has 19 heavy (non-hydrogen) atoms. The second-order valence-corrected chi connectivity index (χ2v) is 4.49. The highest BCUT2D eigenvalue weighted by atomic mass is 14.0. The van der Waals surface area contributed by atoms with Crippen molar-refractivity contribution in [3.63, 3.8) is 0 Å². The highest BCUT2D eigenvalue weighted by Gasteiger charge is 1.95. The minimum Gasteiger partial charge on any atom is -0.0931 e. The molecule has 0 fully saturated rings. The van der Waals surface area contributed by atoms with Crippen LogP contribution < -0.4 is 0 Å². The van der Waals surface area contributed by atoms with Crippen LogP contribution in [0.5, 0.6) is 0 Å². The van der Waals surface area contributed by atoms with Gasteiger partial charge in [0.1, 0.15) is 0 Å². The Morgan fingerprint density at radius 1 is 0.684 bits per heavy atom. The van der Waals surface area contributed by atoms with E-state index in [1.165, 1.54) is 16.3 Å². The Hall–Kier alpha value is -2.52. The second-order valence-electron chi connectivity index (χ2n) is 4.49. The summed E-state index contributed by atoms with van der Waals surface area (Å²) >= 11 is 0. The molecule has 0 aliphatic rings. The number of benzene rings is 3. The van der Waals surface area contributed by atoms with E-state index in [2.05, 4.69) is 78.6 Å². The zero-order valence-corrected chi connectivity index (χ0v) is 10.6. The lowest BCUT2D eigenvalue weighted by Crippen LogP contribution is -1.81. The first-order valence-electron chi connectivity index (χ1n) is 6.44. The largest absolute Gasteiger partial charge is 0.0931 e. The maximum absolute atomic E-state index is 3.29. The SMILES string of the molecule is C(#Cc1cccc2ccccc12)Cc1ccccc1. The van der Waals surface area contributed by atoms with E-state index in [1.54, 1.807) is 0 Å². The van der Waals surface area contributed by atoms with Crippen LogP contribution in [0.2, 0.25) is 0 Å². The van der Waals surface area contributed by atoms with Crippen LogP contribution in [0.4, 0.5) is 0 Å². The van der Waals surface area contributed by atoms with Crippen molar-refractivity contribution in [2.75, 3.05) is 0 Å². The molecule has 0 atom stereocenters. The summed E-state index contributed by atoms with van der Waals surface area (Å²) in [6, 6.07) is 25.0. The number of hydrogen-bond acceptors (Lipinski definition) is 0. The van der Waals surface area contributed by atoms with Gasteiger partial charge < -0.3 is 0 Å². The van der Waals surface area contributed by atoms with E-state index in [0.717, 1.165) is 12.0 Å². The fourth-order valence-electron chi connectivity index (χ4n) is 2.17. The lowest BCUT2D eigenvalue weighted by Gasteiger charge is -1.99. The van der Waals surface area contributed by atoms with Crippen LogP contribution in [0.25, 0.3) is 10.8 Å². The molecule has 0 heteroatoms. The first kappa shape index (κ1) is 11.6. The summed E-state index contributed by atoms with van der Waals surface area (Å²) in [5.74, 6) is 6.55. The predicted molar refractivity (Wildman–Crippen MR) is 81.0 cm³/mol. The summed E-state index contributed by atoms with van der Waals surface area (Å²) in [4.78, 5) is 0. The molecule has 0 nitrogen and oxygen atoms in total. The minimum atomic E-state index is 0.796. The molecule has 0 heterocycles. The van der Waals surface area contributed by atoms with E-state index < -0.39 is 0 Å². The molecule has 3 aromatic rings. The molecule has 0 aliphatic carbocycles. The lowest BCUT2D eigenvalue weighted by atomic mass is 10.0. The Kier molecular flexibility index (Phi) is 3.30. The average Bonchev–Trinajstić information content (AvgIpc) is 2.49. The predicted octanol–water partition coefficient (Wildman–Crippen LogP) is 4.43. The van der Waals surface area contributed by atoms with Gasteiger partial charge in [0.2, 0.25) is 0 Å². The van der Waals surface area contributed by atoms with Gasteiger partial charge in [-0.25, -0.2) is 0 Å². The monoisotopic (exact) mass is 242 g/mol. The normalized spacial score (nSPS) is 9.89. The third-order valence-electron chi connectivity index (χ3n) is 3.15. The van der Waals surface area contributed by atoms with Crippen molar-refractivity contribution < 1.29 is 0 Å². The quantitative estimate of drug-likeness (QED) is 0.554. The van der Waals surface area contributed by atoms with Crippen LogP contribution in [-0.2, 0) is 6.42 Å². The molecule has 0 saturated heterocycles. The van der Waals surface area contributed by atoms with Gasteiger partial charge in [0, 0.05) is 12.0 Å². The first-order chi connectivity index (χ1) is 9.43. The minimum absolute atomic E-state index is 0.796. The van der Waals surface area contributed by atoms with Gasteiger partial charge in [-0.15, -0.1) is 0 Å². The molecule has 3 rings (SSSR count). The van der Waals surface area contributed by atoms with Gasteiger partial charge in [-0.3, -0.25) is 0 Å². The molecular formula is C19H14. The molecular weight excluding hydrogens is 228 g/mol. The number of rotatable bonds is 1. The van der Waals surface area contributed by atoms with Gasteiger partial charge in [0.25, 0.3) is 0 Å². The Morgan fingerprint density at radius 2 is 1.42 bits per heavy atom. The van der Waals surface area contributed by atoms with Crippen LogP contribution in [0.1, 0.15) is 11.1 Å². The van der Waals surface area contributed by atoms with E-state index in [4.69, 9.17) is 0 Å². The topological polar surface area (TPSA) is 0 Å². The van der Waals surface area contributed by atoms with Crippen molar-refractivity contribution in [3.05, 3.63) is 83.9 Å². The Morgan fingerprint density at radius 3 is 2.32 bits per heavy atom. The number of hydrogen-bond donors (Lipinski definition) is 0. The highest BCUT2D eigenvalue weighted by Crippen LogP contribution is 2.17. The van der Waals surface area contributed by atoms with Gasteiger partial charge >= 0.3 is 0 Å². The van der Waals surface area contributed by atoms with E-state index in [0.29, 0.717) is 0 Å². The molecule has 3 aromatic carbocycles. The third kappa shape index (κ3) is 2.67. The molecule has 0 bridgehead atoms. The van der Waals surface area contributed by atoms with Crippen molar-refractivity contribution in [1.29, 1.82) is 0 Å². The summed E-state index contributed by atoms with van der Waals surface area (Å²) in [7, 11) is 0. The van der Waals surface area contributed by atoms with E-state index in [-0.39, 0.29) is 0 Å². The van der Waals surface area contributed by atoms with Gasteiger partial charge in [-0.1, -0.05) is 78.6 Å². The Balaban J connectivity index is 1.90. The molecule has 0 saturated carbocycles. The molecule has 0 amide bonds.